The van der Waals surface area contributed by atoms with Gasteiger partial charge in [0, 0.05) is 12.6 Å². The van der Waals surface area contributed by atoms with Crippen LogP contribution in [0.4, 0.5) is 13.2 Å². The summed E-state index contributed by atoms with van der Waals surface area (Å²) in [7, 11) is 0. The van der Waals surface area contributed by atoms with Crippen LogP contribution >= 0.6 is 0 Å². The molecular weight excluding hydrogens is 233 g/mol. The maximum Gasteiger partial charge on any atom is 0.406 e. The zero-order valence-corrected chi connectivity index (χ0v) is 10.6. The Balaban J connectivity index is 4.29. The standard InChI is InChI=1S/C11H21F3N2O/c1-4-5-6-16(8-11(12,13)14)10(17)7-15-9(2)3/h9,15H,4-8H2,1-3H3. The van der Waals surface area contributed by atoms with Crippen molar-refractivity contribution < 1.29 is 18.0 Å². The number of hydrogen-bond acceptors (Lipinski definition) is 2. The number of hydrogen-bond donors (Lipinski definition) is 1. The SMILES string of the molecule is CCCCN(CC(F)(F)F)C(=O)CNC(C)C. The van der Waals surface area contributed by atoms with Crippen molar-refractivity contribution in [3.8, 4) is 0 Å². The molecule has 0 rings (SSSR count). The summed E-state index contributed by atoms with van der Waals surface area (Å²) < 4.78 is 36.8. The summed E-state index contributed by atoms with van der Waals surface area (Å²) in [6, 6.07) is 0.0814. The number of carbonyl (C=O) groups is 1. The van der Waals surface area contributed by atoms with E-state index in [9.17, 15) is 18.0 Å². The molecule has 0 aromatic heterocycles. The molecule has 1 N–H and O–H groups in total. The van der Waals surface area contributed by atoms with E-state index in [0.29, 0.717) is 6.42 Å². The van der Waals surface area contributed by atoms with Gasteiger partial charge in [0.25, 0.3) is 0 Å². The molecule has 17 heavy (non-hydrogen) atoms. The molecule has 0 heterocycles. The van der Waals surface area contributed by atoms with Crippen LogP contribution in [0, 0.1) is 0 Å². The van der Waals surface area contributed by atoms with Crippen molar-refractivity contribution in [2.24, 2.45) is 0 Å². The van der Waals surface area contributed by atoms with Gasteiger partial charge in [-0.3, -0.25) is 4.79 Å². The van der Waals surface area contributed by atoms with Gasteiger partial charge in [0.15, 0.2) is 0 Å². The van der Waals surface area contributed by atoms with Crippen LogP contribution in [0.25, 0.3) is 0 Å². The predicted molar refractivity (Wildman–Crippen MR) is 60.7 cm³/mol. The van der Waals surface area contributed by atoms with Crippen LogP contribution in [0.2, 0.25) is 0 Å². The molecule has 0 saturated carbocycles. The maximum absolute atomic E-state index is 12.3. The fourth-order valence-electron chi connectivity index (χ4n) is 1.26. The number of alkyl halides is 3. The van der Waals surface area contributed by atoms with Crippen LogP contribution in [0.5, 0.6) is 0 Å². The molecule has 0 aromatic carbocycles. The molecule has 6 heteroatoms. The molecule has 0 aliphatic heterocycles. The summed E-state index contributed by atoms with van der Waals surface area (Å²) in [4.78, 5) is 12.5. The van der Waals surface area contributed by atoms with Crippen LogP contribution in [0.1, 0.15) is 33.6 Å². The first-order valence-corrected chi connectivity index (χ1v) is 5.84. The molecule has 0 saturated heterocycles. The predicted octanol–water partition coefficient (Wildman–Crippen LogP) is 2.18. The van der Waals surface area contributed by atoms with E-state index >= 15 is 0 Å². The van der Waals surface area contributed by atoms with Crippen molar-refractivity contribution in [2.75, 3.05) is 19.6 Å². The molecule has 3 nitrogen and oxygen atoms in total. The van der Waals surface area contributed by atoms with E-state index in [1.165, 1.54) is 0 Å². The highest BCUT2D eigenvalue weighted by Gasteiger charge is 2.32. The average Bonchev–Trinajstić information content (AvgIpc) is 2.19. The minimum absolute atomic E-state index is 0.0442. The fraction of sp³-hybridized carbons (Fsp3) is 0.909. The third kappa shape index (κ3) is 8.97. The molecule has 0 fully saturated rings. The van der Waals surface area contributed by atoms with E-state index in [1.54, 1.807) is 0 Å². The Hall–Kier alpha value is -0.780. The molecule has 0 aromatic rings. The van der Waals surface area contributed by atoms with Crippen molar-refractivity contribution in [2.45, 2.75) is 45.8 Å². The zero-order valence-electron chi connectivity index (χ0n) is 10.6. The lowest BCUT2D eigenvalue weighted by Gasteiger charge is -2.24. The third-order valence-corrected chi connectivity index (χ3v) is 2.17. The van der Waals surface area contributed by atoms with Crippen molar-refractivity contribution in [1.29, 1.82) is 0 Å². The quantitative estimate of drug-likeness (QED) is 0.755. The third-order valence-electron chi connectivity index (χ3n) is 2.17. The summed E-state index contributed by atoms with van der Waals surface area (Å²) in [5.41, 5.74) is 0. The van der Waals surface area contributed by atoms with Crippen molar-refractivity contribution >= 4 is 5.91 Å². The molecule has 0 radical (unpaired) electrons. The molecule has 0 unspecified atom stereocenters. The lowest BCUT2D eigenvalue weighted by molar-refractivity contribution is -0.160. The maximum atomic E-state index is 12.3. The van der Waals surface area contributed by atoms with Crippen molar-refractivity contribution in [3.05, 3.63) is 0 Å². The Morgan fingerprint density at radius 3 is 2.35 bits per heavy atom. The highest BCUT2D eigenvalue weighted by Crippen LogP contribution is 2.16. The van der Waals surface area contributed by atoms with Gasteiger partial charge in [-0.05, 0) is 6.42 Å². The van der Waals surface area contributed by atoms with Crippen molar-refractivity contribution in [1.82, 2.24) is 10.2 Å². The lowest BCUT2D eigenvalue weighted by Crippen LogP contribution is -2.44. The van der Waals surface area contributed by atoms with Gasteiger partial charge in [-0.25, -0.2) is 0 Å². The van der Waals surface area contributed by atoms with Crippen LogP contribution in [0.15, 0.2) is 0 Å². The first-order valence-electron chi connectivity index (χ1n) is 5.84. The monoisotopic (exact) mass is 254 g/mol. The number of unbranched alkanes of at least 4 members (excludes halogenated alkanes) is 1. The summed E-state index contributed by atoms with van der Waals surface area (Å²) in [5, 5.41) is 2.83. The van der Waals surface area contributed by atoms with E-state index < -0.39 is 18.6 Å². The molecule has 0 atom stereocenters. The molecule has 0 aliphatic rings. The minimum atomic E-state index is -4.33. The second kappa shape index (κ2) is 7.53. The Labute approximate surface area is 100 Å². The second-order valence-electron chi connectivity index (χ2n) is 4.32. The second-order valence-corrected chi connectivity index (χ2v) is 4.32. The van der Waals surface area contributed by atoms with Crippen LogP contribution in [0.3, 0.4) is 0 Å². The summed E-state index contributed by atoms with van der Waals surface area (Å²) >= 11 is 0. The highest BCUT2D eigenvalue weighted by atomic mass is 19.4. The normalized spacial score (nSPS) is 11.9. The van der Waals surface area contributed by atoms with E-state index in [4.69, 9.17) is 0 Å². The van der Waals surface area contributed by atoms with Gasteiger partial charge in [-0.15, -0.1) is 0 Å². The first kappa shape index (κ1) is 16.2. The van der Waals surface area contributed by atoms with Gasteiger partial charge in [0.05, 0.1) is 6.54 Å². The summed E-state index contributed by atoms with van der Waals surface area (Å²) in [6.45, 7) is 4.52. The molecule has 0 bridgehead atoms. The Morgan fingerprint density at radius 2 is 1.94 bits per heavy atom. The van der Waals surface area contributed by atoms with E-state index in [2.05, 4.69) is 5.32 Å². The van der Waals surface area contributed by atoms with Gasteiger partial charge in [0.1, 0.15) is 6.54 Å². The topological polar surface area (TPSA) is 32.3 Å². The van der Waals surface area contributed by atoms with Crippen LogP contribution in [-0.4, -0.2) is 42.7 Å². The van der Waals surface area contributed by atoms with Gasteiger partial charge in [0.2, 0.25) is 5.91 Å². The Bertz CT molecular complexity index is 229. The van der Waals surface area contributed by atoms with E-state index in [1.807, 2.05) is 20.8 Å². The van der Waals surface area contributed by atoms with Crippen LogP contribution in [-0.2, 0) is 4.79 Å². The lowest BCUT2D eigenvalue weighted by atomic mass is 10.3. The molecule has 1 amide bonds. The number of rotatable bonds is 7. The minimum Gasteiger partial charge on any atom is -0.332 e. The molecule has 0 aliphatic carbocycles. The largest absolute Gasteiger partial charge is 0.406 e. The fourth-order valence-corrected chi connectivity index (χ4v) is 1.26. The average molecular weight is 254 g/mol. The highest BCUT2D eigenvalue weighted by molar-refractivity contribution is 5.78. The van der Waals surface area contributed by atoms with E-state index in [-0.39, 0.29) is 19.1 Å². The number of nitrogens with zero attached hydrogens (tertiary/aromatic N) is 1. The van der Waals surface area contributed by atoms with E-state index in [0.717, 1.165) is 11.3 Å². The van der Waals surface area contributed by atoms with Crippen molar-refractivity contribution in [3.63, 3.8) is 0 Å². The Morgan fingerprint density at radius 1 is 1.35 bits per heavy atom. The molecule has 0 spiro atoms. The Kier molecular flexibility index (Phi) is 7.18. The van der Waals surface area contributed by atoms with Gasteiger partial charge >= 0.3 is 6.18 Å². The number of carbonyl (C=O) groups excluding carboxylic acids is 1. The van der Waals surface area contributed by atoms with Gasteiger partial charge in [-0.2, -0.15) is 13.2 Å². The number of halogens is 3. The summed E-state index contributed by atoms with van der Waals surface area (Å²) in [5.74, 6) is -0.496. The van der Waals surface area contributed by atoms with Crippen LogP contribution < -0.4 is 5.32 Å². The first-order chi connectivity index (χ1) is 7.76. The van der Waals surface area contributed by atoms with Gasteiger partial charge < -0.3 is 10.2 Å². The molecular formula is C11H21F3N2O. The smallest absolute Gasteiger partial charge is 0.332 e. The molecule has 102 valence electrons. The zero-order chi connectivity index (χ0) is 13.5. The van der Waals surface area contributed by atoms with Gasteiger partial charge in [-0.1, -0.05) is 27.2 Å². The number of amides is 1. The number of nitrogens with one attached hydrogen (secondary N) is 1. The summed E-state index contributed by atoms with van der Waals surface area (Å²) in [6.07, 6.45) is -2.98.